The lowest BCUT2D eigenvalue weighted by molar-refractivity contribution is 0.126. The van der Waals surface area contributed by atoms with Gasteiger partial charge in [0, 0.05) is 6.42 Å². The molecule has 1 atom stereocenters. The van der Waals surface area contributed by atoms with Gasteiger partial charge in [0.25, 0.3) is 0 Å². The molecule has 0 aliphatic carbocycles. The summed E-state index contributed by atoms with van der Waals surface area (Å²) in [6, 6.07) is 0. The van der Waals surface area contributed by atoms with E-state index in [-0.39, 0.29) is 0 Å². The molecule has 0 saturated heterocycles. The molecule has 0 aromatic rings. The fourth-order valence-corrected chi connectivity index (χ4v) is 0.462. The first kappa shape index (κ1) is 9.26. The largest absolute Gasteiger partial charge is 0.378 e. The fourth-order valence-electron chi connectivity index (χ4n) is 0.462. The van der Waals surface area contributed by atoms with Crippen LogP contribution in [0.25, 0.3) is 0 Å². The lowest BCUT2D eigenvalue weighted by Crippen LogP contribution is -2.19. The highest BCUT2D eigenvalue weighted by Crippen LogP contribution is 2.09. The van der Waals surface area contributed by atoms with Crippen LogP contribution in [0.3, 0.4) is 0 Å². The molecule has 1 N–H and O–H groups in total. The predicted octanol–water partition coefficient (Wildman–Crippen LogP) is 1.73. The predicted molar refractivity (Wildman–Crippen MR) is 43.5 cm³/mol. The van der Waals surface area contributed by atoms with E-state index < -0.39 is 5.60 Å². The van der Waals surface area contributed by atoms with Gasteiger partial charge in [-0.05, 0) is 20.8 Å². The average molecular weight is 138 g/mol. The molecule has 0 amide bonds. The quantitative estimate of drug-likeness (QED) is 0.455. The van der Waals surface area contributed by atoms with Gasteiger partial charge in [0.05, 0.1) is 0 Å². The minimum absolute atomic E-state index is 0.534. The number of terminal acetylenes is 1. The molecule has 0 bridgehead atoms. The third-order valence-electron chi connectivity index (χ3n) is 1.22. The molecular formula is C9H14O. The molecule has 1 heteroatoms. The van der Waals surface area contributed by atoms with Gasteiger partial charge >= 0.3 is 0 Å². The van der Waals surface area contributed by atoms with Crippen molar-refractivity contribution in [3.63, 3.8) is 0 Å². The molecule has 56 valence electrons. The van der Waals surface area contributed by atoms with Crippen LogP contribution in [0.15, 0.2) is 11.6 Å². The second kappa shape index (κ2) is 3.43. The third kappa shape index (κ3) is 4.17. The molecule has 0 aliphatic heterocycles. The second-order valence-electron chi connectivity index (χ2n) is 2.90. The molecule has 0 spiro atoms. The number of hydrogen-bond acceptors (Lipinski definition) is 1. The highest BCUT2D eigenvalue weighted by atomic mass is 16.3. The number of hydrogen-bond donors (Lipinski definition) is 1. The minimum atomic E-state index is -0.975. The Morgan fingerprint density at radius 3 is 2.50 bits per heavy atom. The van der Waals surface area contributed by atoms with Gasteiger partial charge in [-0.2, -0.15) is 0 Å². The van der Waals surface area contributed by atoms with Gasteiger partial charge in [-0.1, -0.05) is 17.6 Å². The molecule has 1 unspecified atom stereocenters. The van der Waals surface area contributed by atoms with Gasteiger partial charge in [-0.25, -0.2) is 0 Å². The number of rotatable bonds is 2. The van der Waals surface area contributed by atoms with Crippen molar-refractivity contribution in [2.45, 2.75) is 32.8 Å². The zero-order chi connectivity index (χ0) is 8.20. The lowest BCUT2D eigenvalue weighted by Gasteiger charge is -2.12. The summed E-state index contributed by atoms with van der Waals surface area (Å²) in [7, 11) is 0. The summed E-state index contributed by atoms with van der Waals surface area (Å²) < 4.78 is 0. The minimum Gasteiger partial charge on any atom is -0.378 e. The first-order valence-corrected chi connectivity index (χ1v) is 3.31. The Labute approximate surface area is 62.8 Å². The van der Waals surface area contributed by atoms with Gasteiger partial charge in [-0.15, -0.1) is 6.42 Å². The molecule has 0 aromatic heterocycles. The molecule has 0 aromatic carbocycles. The van der Waals surface area contributed by atoms with Crippen LogP contribution in [0.1, 0.15) is 27.2 Å². The summed E-state index contributed by atoms with van der Waals surface area (Å²) in [5.41, 5.74) is 0.201. The van der Waals surface area contributed by atoms with E-state index in [0.717, 1.165) is 0 Å². The lowest BCUT2D eigenvalue weighted by atomic mass is 10.0. The van der Waals surface area contributed by atoms with Crippen LogP contribution in [0, 0.1) is 12.3 Å². The zero-order valence-corrected chi connectivity index (χ0v) is 6.81. The number of aliphatic hydroxyl groups is 1. The monoisotopic (exact) mass is 138 g/mol. The molecule has 0 saturated carbocycles. The maximum Gasteiger partial charge on any atom is 0.125 e. The smallest absolute Gasteiger partial charge is 0.125 e. The Balaban J connectivity index is 3.94. The summed E-state index contributed by atoms with van der Waals surface area (Å²) in [5.74, 6) is 2.31. The van der Waals surface area contributed by atoms with Crippen molar-refractivity contribution in [2.24, 2.45) is 0 Å². The van der Waals surface area contributed by atoms with E-state index in [1.165, 1.54) is 5.57 Å². The molecule has 0 radical (unpaired) electrons. The van der Waals surface area contributed by atoms with E-state index in [0.29, 0.717) is 6.42 Å². The van der Waals surface area contributed by atoms with Crippen LogP contribution in [-0.4, -0.2) is 10.7 Å². The first-order valence-electron chi connectivity index (χ1n) is 3.31. The van der Waals surface area contributed by atoms with Crippen molar-refractivity contribution in [2.75, 3.05) is 0 Å². The molecule has 1 nitrogen and oxygen atoms in total. The summed E-state index contributed by atoms with van der Waals surface area (Å²) >= 11 is 0. The van der Waals surface area contributed by atoms with E-state index in [9.17, 15) is 5.11 Å². The van der Waals surface area contributed by atoms with E-state index in [2.05, 4.69) is 5.92 Å². The summed E-state index contributed by atoms with van der Waals surface area (Å²) in [4.78, 5) is 0. The van der Waals surface area contributed by atoms with Crippen LogP contribution >= 0.6 is 0 Å². The Kier molecular flexibility index (Phi) is 3.18. The fraction of sp³-hybridized carbons (Fsp3) is 0.556. The highest BCUT2D eigenvalue weighted by Gasteiger charge is 2.12. The maximum absolute atomic E-state index is 9.29. The maximum atomic E-state index is 9.29. The standard InChI is InChI=1S/C9H14O/c1-5-9(4,10)7-6-8(2)3/h1,6,10H,7H2,2-4H3. The molecule has 0 rings (SSSR count). The van der Waals surface area contributed by atoms with Crippen LogP contribution in [0.4, 0.5) is 0 Å². The van der Waals surface area contributed by atoms with Crippen LogP contribution < -0.4 is 0 Å². The van der Waals surface area contributed by atoms with Crippen molar-refractivity contribution in [3.8, 4) is 12.3 Å². The summed E-state index contributed by atoms with van der Waals surface area (Å²) in [6.45, 7) is 5.59. The van der Waals surface area contributed by atoms with E-state index in [4.69, 9.17) is 6.42 Å². The van der Waals surface area contributed by atoms with Crippen molar-refractivity contribution in [3.05, 3.63) is 11.6 Å². The normalized spacial score (nSPS) is 15.1. The van der Waals surface area contributed by atoms with Crippen LogP contribution in [-0.2, 0) is 0 Å². The second-order valence-corrected chi connectivity index (χ2v) is 2.90. The first-order chi connectivity index (χ1) is 4.48. The highest BCUT2D eigenvalue weighted by molar-refractivity contribution is 5.09. The van der Waals surface area contributed by atoms with Crippen LogP contribution in [0.5, 0.6) is 0 Å². The van der Waals surface area contributed by atoms with Gasteiger partial charge in [0.2, 0.25) is 0 Å². The molecule has 10 heavy (non-hydrogen) atoms. The van der Waals surface area contributed by atoms with Crippen molar-refractivity contribution < 1.29 is 5.11 Å². The Bertz CT molecular complexity index is 166. The topological polar surface area (TPSA) is 20.2 Å². The Morgan fingerprint density at radius 1 is 1.70 bits per heavy atom. The molecular weight excluding hydrogens is 124 g/mol. The molecule has 0 fully saturated rings. The summed E-state index contributed by atoms with van der Waals surface area (Å²) in [5, 5.41) is 9.29. The molecule has 0 heterocycles. The van der Waals surface area contributed by atoms with Gasteiger partial charge < -0.3 is 5.11 Å². The van der Waals surface area contributed by atoms with Crippen molar-refractivity contribution in [1.29, 1.82) is 0 Å². The van der Waals surface area contributed by atoms with Gasteiger partial charge in [0.15, 0.2) is 0 Å². The van der Waals surface area contributed by atoms with E-state index in [1.807, 2.05) is 19.9 Å². The Hall–Kier alpha value is -0.740. The zero-order valence-electron chi connectivity index (χ0n) is 6.81. The van der Waals surface area contributed by atoms with Crippen molar-refractivity contribution >= 4 is 0 Å². The Morgan fingerprint density at radius 2 is 2.20 bits per heavy atom. The molecule has 0 aliphatic rings. The average Bonchev–Trinajstić information content (AvgIpc) is 1.85. The van der Waals surface area contributed by atoms with E-state index >= 15 is 0 Å². The third-order valence-corrected chi connectivity index (χ3v) is 1.22. The van der Waals surface area contributed by atoms with Crippen LogP contribution in [0.2, 0.25) is 0 Å². The SMILES string of the molecule is C#CC(C)(O)CC=C(C)C. The van der Waals surface area contributed by atoms with Gasteiger partial charge in [0.1, 0.15) is 5.60 Å². The summed E-state index contributed by atoms with van der Waals surface area (Å²) in [6.07, 6.45) is 7.53. The number of allylic oxidation sites excluding steroid dienone is 1. The van der Waals surface area contributed by atoms with E-state index in [1.54, 1.807) is 6.92 Å². The van der Waals surface area contributed by atoms with Crippen molar-refractivity contribution in [1.82, 2.24) is 0 Å². The van der Waals surface area contributed by atoms with Gasteiger partial charge in [-0.3, -0.25) is 0 Å².